The number of nitrogens with zero attached hydrogens (tertiary/aromatic N) is 2. The molecule has 0 radical (unpaired) electrons. The van der Waals surface area contributed by atoms with Crippen LogP contribution in [0.5, 0.6) is 0 Å². The lowest BCUT2D eigenvalue weighted by Crippen LogP contribution is -2.01. The van der Waals surface area contributed by atoms with Crippen molar-refractivity contribution in [3.8, 4) is 0 Å². The molecule has 0 spiro atoms. The van der Waals surface area contributed by atoms with Crippen LogP contribution in [0.15, 0.2) is 43.1 Å². The SMILES string of the molecule is C=C/C(=C\C=C/C)n1nccc1N.CC. The normalized spacial score (nSPS) is 11.0. The number of anilines is 1. The third-order valence-corrected chi connectivity index (χ3v) is 1.59. The summed E-state index contributed by atoms with van der Waals surface area (Å²) in [5.74, 6) is 0.607. The third-order valence-electron chi connectivity index (χ3n) is 1.59. The van der Waals surface area contributed by atoms with E-state index in [1.165, 1.54) is 0 Å². The predicted octanol–water partition coefficient (Wildman–Crippen LogP) is 3.09. The van der Waals surface area contributed by atoms with Gasteiger partial charge in [-0.25, -0.2) is 4.68 Å². The summed E-state index contributed by atoms with van der Waals surface area (Å²) < 4.78 is 1.63. The number of nitrogen functional groups attached to an aromatic ring is 1. The molecule has 15 heavy (non-hydrogen) atoms. The molecule has 2 N–H and O–H groups in total. The molecule has 0 aliphatic carbocycles. The second-order valence-electron chi connectivity index (χ2n) is 2.49. The molecule has 0 bridgehead atoms. The van der Waals surface area contributed by atoms with Gasteiger partial charge < -0.3 is 5.73 Å². The summed E-state index contributed by atoms with van der Waals surface area (Å²) in [7, 11) is 0. The van der Waals surface area contributed by atoms with Crippen molar-refractivity contribution in [2.24, 2.45) is 0 Å². The van der Waals surface area contributed by atoms with Crippen LogP contribution in [-0.2, 0) is 0 Å². The molecule has 0 amide bonds. The van der Waals surface area contributed by atoms with Crippen molar-refractivity contribution in [1.29, 1.82) is 0 Å². The van der Waals surface area contributed by atoms with E-state index in [-0.39, 0.29) is 0 Å². The van der Waals surface area contributed by atoms with E-state index in [2.05, 4.69) is 11.7 Å². The molecule has 0 fully saturated rings. The Morgan fingerprint density at radius 2 is 2.20 bits per heavy atom. The predicted molar refractivity (Wildman–Crippen MR) is 67.3 cm³/mol. The summed E-state index contributed by atoms with van der Waals surface area (Å²) >= 11 is 0. The standard InChI is InChI=1S/C10H13N3.C2H6/c1-3-5-6-9(4-2)13-10(11)7-8-12-13;1-2/h3-8H,2,11H2,1H3;1-2H3/b5-3-,9-6+;. The first-order valence-corrected chi connectivity index (χ1v) is 5.05. The quantitative estimate of drug-likeness (QED) is 0.770. The minimum absolute atomic E-state index is 0.607. The zero-order valence-corrected chi connectivity index (χ0v) is 9.64. The van der Waals surface area contributed by atoms with E-state index in [4.69, 9.17) is 5.73 Å². The first-order valence-electron chi connectivity index (χ1n) is 5.05. The molecule has 1 aromatic heterocycles. The summed E-state index contributed by atoms with van der Waals surface area (Å²) in [6, 6.07) is 1.74. The van der Waals surface area contributed by atoms with Crippen LogP contribution in [0.3, 0.4) is 0 Å². The molecule has 1 heterocycles. The van der Waals surface area contributed by atoms with Crippen molar-refractivity contribution in [3.05, 3.63) is 43.1 Å². The molecule has 0 saturated heterocycles. The van der Waals surface area contributed by atoms with Gasteiger partial charge in [0.1, 0.15) is 5.82 Å². The van der Waals surface area contributed by atoms with Crippen LogP contribution in [0.4, 0.5) is 5.82 Å². The topological polar surface area (TPSA) is 43.8 Å². The smallest absolute Gasteiger partial charge is 0.127 e. The van der Waals surface area contributed by atoms with E-state index in [0.717, 1.165) is 5.70 Å². The van der Waals surface area contributed by atoms with Gasteiger partial charge in [0.15, 0.2) is 0 Å². The van der Waals surface area contributed by atoms with Gasteiger partial charge in [0.25, 0.3) is 0 Å². The molecule has 82 valence electrons. The van der Waals surface area contributed by atoms with Crippen molar-refractivity contribution in [2.45, 2.75) is 20.8 Å². The third kappa shape index (κ3) is 3.85. The fourth-order valence-electron chi connectivity index (χ4n) is 0.949. The number of hydrogen-bond donors (Lipinski definition) is 1. The van der Waals surface area contributed by atoms with Crippen LogP contribution < -0.4 is 5.73 Å². The zero-order valence-electron chi connectivity index (χ0n) is 9.64. The maximum absolute atomic E-state index is 5.68. The lowest BCUT2D eigenvalue weighted by molar-refractivity contribution is 0.921. The highest BCUT2D eigenvalue weighted by atomic mass is 15.3. The lowest BCUT2D eigenvalue weighted by Gasteiger charge is -2.02. The lowest BCUT2D eigenvalue weighted by atomic mass is 10.3. The Bertz CT molecular complexity index is 346. The first kappa shape index (κ1) is 13.2. The largest absolute Gasteiger partial charge is 0.384 e. The van der Waals surface area contributed by atoms with Crippen molar-refractivity contribution < 1.29 is 0 Å². The molecule has 0 aliphatic heterocycles. The fourth-order valence-corrected chi connectivity index (χ4v) is 0.949. The van der Waals surface area contributed by atoms with Crippen LogP contribution >= 0.6 is 0 Å². The minimum Gasteiger partial charge on any atom is -0.384 e. The van der Waals surface area contributed by atoms with Gasteiger partial charge >= 0.3 is 0 Å². The molecule has 0 aliphatic rings. The van der Waals surface area contributed by atoms with E-state index in [0.29, 0.717) is 5.82 Å². The molecule has 1 aromatic rings. The van der Waals surface area contributed by atoms with E-state index < -0.39 is 0 Å². The van der Waals surface area contributed by atoms with Crippen LogP contribution in [0.2, 0.25) is 0 Å². The molecule has 3 heteroatoms. The highest BCUT2D eigenvalue weighted by Gasteiger charge is 1.98. The Labute approximate surface area is 91.6 Å². The van der Waals surface area contributed by atoms with Crippen LogP contribution in [0, 0.1) is 0 Å². The van der Waals surface area contributed by atoms with Gasteiger partial charge in [0, 0.05) is 6.07 Å². The second kappa shape index (κ2) is 7.62. The average molecular weight is 205 g/mol. The van der Waals surface area contributed by atoms with Gasteiger partial charge in [-0.3, -0.25) is 0 Å². The Hall–Kier alpha value is -1.77. The molecule has 1 rings (SSSR count). The minimum atomic E-state index is 0.607. The van der Waals surface area contributed by atoms with E-state index in [1.54, 1.807) is 23.0 Å². The summed E-state index contributed by atoms with van der Waals surface area (Å²) in [5.41, 5.74) is 6.54. The molecule has 0 unspecified atom stereocenters. The first-order chi connectivity index (χ1) is 7.29. The molecule has 0 saturated carbocycles. The van der Waals surface area contributed by atoms with Crippen LogP contribution in [0.25, 0.3) is 5.70 Å². The molecule has 3 nitrogen and oxygen atoms in total. The highest BCUT2D eigenvalue weighted by molar-refractivity contribution is 5.61. The summed E-state index contributed by atoms with van der Waals surface area (Å²) in [4.78, 5) is 0. The molecular weight excluding hydrogens is 186 g/mol. The Balaban J connectivity index is 0.000000921. The van der Waals surface area contributed by atoms with Crippen molar-refractivity contribution in [3.63, 3.8) is 0 Å². The maximum Gasteiger partial charge on any atom is 0.127 e. The summed E-state index contributed by atoms with van der Waals surface area (Å²) in [6.45, 7) is 9.64. The number of rotatable bonds is 3. The van der Waals surface area contributed by atoms with Gasteiger partial charge in [-0.15, -0.1) is 0 Å². The van der Waals surface area contributed by atoms with Gasteiger partial charge in [0.2, 0.25) is 0 Å². The Morgan fingerprint density at radius 3 is 2.60 bits per heavy atom. The summed E-state index contributed by atoms with van der Waals surface area (Å²) in [6.07, 6.45) is 9.11. The van der Waals surface area contributed by atoms with Gasteiger partial charge in [-0.2, -0.15) is 5.10 Å². The molecule has 0 atom stereocenters. The zero-order chi connectivity index (χ0) is 11.7. The van der Waals surface area contributed by atoms with Crippen LogP contribution in [-0.4, -0.2) is 9.78 Å². The molecule has 0 aromatic carbocycles. The van der Waals surface area contributed by atoms with Gasteiger partial charge in [-0.05, 0) is 19.1 Å². The molecular formula is C12H19N3. The second-order valence-corrected chi connectivity index (χ2v) is 2.49. The van der Waals surface area contributed by atoms with E-state index in [1.807, 2.05) is 39.0 Å². The van der Waals surface area contributed by atoms with E-state index >= 15 is 0 Å². The monoisotopic (exact) mass is 205 g/mol. The van der Waals surface area contributed by atoms with E-state index in [9.17, 15) is 0 Å². The maximum atomic E-state index is 5.68. The van der Waals surface area contributed by atoms with Gasteiger partial charge in [0.05, 0.1) is 11.9 Å². The highest BCUT2D eigenvalue weighted by Crippen LogP contribution is 2.10. The van der Waals surface area contributed by atoms with Gasteiger partial charge in [-0.1, -0.05) is 32.6 Å². The average Bonchev–Trinajstić information content (AvgIpc) is 2.69. The number of aromatic nitrogens is 2. The van der Waals surface area contributed by atoms with Crippen molar-refractivity contribution in [2.75, 3.05) is 5.73 Å². The number of allylic oxidation sites excluding steroid dienone is 5. The fraction of sp³-hybridized carbons (Fsp3) is 0.250. The number of nitrogens with two attached hydrogens (primary N) is 1. The number of hydrogen-bond acceptors (Lipinski definition) is 2. The van der Waals surface area contributed by atoms with Crippen molar-refractivity contribution >= 4 is 11.5 Å². The van der Waals surface area contributed by atoms with Crippen molar-refractivity contribution in [1.82, 2.24) is 9.78 Å². The Morgan fingerprint density at radius 1 is 1.53 bits per heavy atom. The Kier molecular flexibility index (Phi) is 6.72. The summed E-state index contributed by atoms with van der Waals surface area (Å²) in [5, 5.41) is 4.06. The van der Waals surface area contributed by atoms with Crippen LogP contribution in [0.1, 0.15) is 20.8 Å².